The minimum Gasteiger partial charge on any atom is -0.491 e. The monoisotopic (exact) mass is 451 g/mol. The number of benzene rings is 1. The molecule has 0 aliphatic rings. The van der Waals surface area contributed by atoms with Gasteiger partial charge in [-0.05, 0) is 62.6 Å². The Labute approximate surface area is 200 Å². The molecule has 1 N–H and O–H groups in total. The van der Waals surface area contributed by atoms with E-state index in [4.69, 9.17) is 9.84 Å². The summed E-state index contributed by atoms with van der Waals surface area (Å²) >= 11 is 0. The maximum absolute atomic E-state index is 8.93. The predicted octanol–water partition coefficient (Wildman–Crippen LogP) is 6.37. The van der Waals surface area contributed by atoms with Crippen LogP contribution in [-0.4, -0.2) is 22.9 Å². The van der Waals surface area contributed by atoms with Crippen molar-refractivity contribution in [3.8, 4) is 5.75 Å². The van der Waals surface area contributed by atoms with Gasteiger partial charge in [0, 0.05) is 6.42 Å². The first-order valence-corrected chi connectivity index (χ1v) is 12.6. The normalized spacial score (nSPS) is 12.5. The predicted molar refractivity (Wildman–Crippen MR) is 137 cm³/mol. The zero-order chi connectivity index (χ0) is 23.6. The molecule has 1 unspecified atom stereocenters. The van der Waals surface area contributed by atoms with Crippen molar-refractivity contribution in [2.75, 3.05) is 13.2 Å². The molecule has 1 atom stereocenters. The van der Waals surface area contributed by atoms with Gasteiger partial charge < -0.3 is 9.84 Å². The van der Waals surface area contributed by atoms with Crippen LogP contribution >= 0.6 is 0 Å². The Hall–Kier alpha value is -2.59. The van der Waals surface area contributed by atoms with Crippen LogP contribution < -0.4 is 9.30 Å². The first-order valence-electron chi connectivity index (χ1n) is 12.6. The van der Waals surface area contributed by atoms with Crippen LogP contribution in [0.5, 0.6) is 5.75 Å². The second-order valence-corrected chi connectivity index (χ2v) is 8.51. The van der Waals surface area contributed by atoms with E-state index in [1.807, 2.05) is 18.2 Å². The van der Waals surface area contributed by atoms with Gasteiger partial charge in [-0.1, -0.05) is 55.9 Å². The molecule has 0 saturated heterocycles. The van der Waals surface area contributed by atoms with Crippen molar-refractivity contribution in [3.63, 3.8) is 0 Å². The van der Waals surface area contributed by atoms with Crippen LogP contribution in [0, 0.1) is 0 Å². The number of allylic oxidation sites excluding steroid dienone is 5. The Balaban J connectivity index is 1.81. The SMILES string of the molecule is C=CC/C=C/C/C=C/CC(CCCCCc1cccc(OCCO)c1)n1cc[n+](CCC)c1. The van der Waals surface area contributed by atoms with Crippen LogP contribution in [0.1, 0.15) is 69.9 Å². The highest BCUT2D eigenvalue weighted by Gasteiger charge is 2.15. The molecule has 0 aliphatic carbocycles. The second kappa shape index (κ2) is 17.0. The van der Waals surface area contributed by atoms with E-state index in [0.717, 1.165) is 44.4 Å². The van der Waals surface area contributed by atoms with Gasteiger partial charge in [0.15, 0.2) is 0 Å². The molecule has 0 aliphatic heterocycles. The lowest BCUT2D eigenvalue weighted by Crippen LogP contribution is -2.30. The first kappa shape index (κ1) is 26.7. The molecular weight excluding hydrogens is 408 g/mol. The number of rotatable bonds is 18. The molecule has 1 heterocycles. The largest absolute Gasteiger partial charge is 0.491 e. The Morgan fingerprint density at radius 3 is 2.79 bits per heavy atom. The van der Waals surface area contributed by atoms with Gasteiger partial charge in [-0.3, -0.25) is 0 Å². The first-order chi connectivity index (χ1) is 16.3. The summed E-state index contributed by atoms with van der Waals surface area (Å²) in [6, 6.07) is 8.75. The fourth-order valence-electron chi connectivity index (χ4n) is 3.96. The highest BCUT2D eigenvalue weighted by molar-refractivity contribution is 5.28. The Morgan fingerprint density at radius 2 is 1.97 bits per heavy atom. The zero-order valence-corrected chi connectivity index (χ0v) is 20.4. The van der Waals surface area contributed by atoms with E-state index < -0.39 is 0 Å². The van der Waals surface area contributed by atoms with Gasteiger partial charge in [-0.2, -0.15) is 0 Å². The number of aliphatic hydroxyl groups is 1. The lowest BCUT2D eigenvalue weighted by molar-refractivity contribution is -0.696. The Morgan fingerprint density at radius 1 is 1.12 bits per heavy atom. The standard InChI is InChI=1S/C29H43N2O2/c1-3-5-6-7-8-9-12-17-28(31-22-21-30(26-31)20-4-2)18-13-10-11-15-27-16-14-19-29(25-27)33-24-23-32/h3,6-7,9,12,14,16,19,21-22,25-26,28,32H,1,4-5,8,10-11,13,15,17-18,20,23-24H2,2H3/q+1/b7-6+,12-9+. The molecule has 0 radical (unpaired) electrons. The van der Waals surface area contributed by atoms with Gasteiger partial charge in [0.25, 0.3) is 0 Å². The molecule has 0 saturated carbocycles. The molecule has 2 rings (SSSR count). The van der Waals surface area contributed by atoms with Crippen molar-refractivity contribution in [1.29, 1.82) is 0 Å². The van der Waals surface area contributed by atoms with Crippen LogP contribution in [0.3, 0.4) is 0 Å². The average Bonchev–Trinajstić information content (AvgIpc) is 3.29. The highest BCUT2D eigenvalue weighted by atomic mass is 16.5. The number of aromatic nitrogens is 2. The zero-order valence-electron chi connectivity index (χ0n) is 20.4. The molecule has 33 heavy (non-hydrogen) atoms. The molecule has 180 valence electrons. The third-order valence-electron chi connectivity index (χ3n) is 5.69. The maximum atomic E-state index is 8.93. The van der Waals surface area contributed by atoms with Crippen molar-refractivity contribution < 1.29 is 14.4 Å². The summed E-state index contributed by atoms with van der Waals surface area (Å²) in [7, 11) is 0. The quantitative estimate of drug-likeness (QED) is 0.162. The van der Waals surface area contributed by atoms with Crippen molar-refractivity contribution in [3.05, 3.63) is 85.5 Å². The average molecular weight is 452 g/mol. The molecule has 1 aromatic heterocycles. The van der Waals surface area contributed by atoms with Crippen LogP contribution in [0.4, 0.5) is 0 Å². The smallest absolute Gasteiger partial charge is 0.243 e. The third kappa shape index (κ3) is 11.2. The van der Waals surface area contributed by atoms with Gasteiger partial charge >= 0.3 is 0 Å². The van der Waals surface area contributed by atoms with Gasteiger partial charge in [0.1, 0.15) is 30.8 Å². The summed E-state index contributed by atoms with van der Waals surface area (Å²) in [5.74, 6) is 0.848. The van der Waals surface area contributed by atoms with Gasteiger partial charge in [-0.25, -0.2) is 9.13 Å². The topological polar surface area (TPSA) is 38.3 Å². The third-order valence-corrected chi connectivity index (χ3v) is 5.69. The van der Waals surface area contributed by atoms with Crippen molar-refractivity contribution >= 4 is 0 Å². The van der Waals surface area contributed by atoms with Crippen molar-refractivity contribution in [1.82, 2.24) is 4.57 Å². The van der Waals surface area contributed by atoms with Crippen molar-refractivity contribution in [2.45, 2.75) is 77.3 Å². The van der Waals surface area contributed by atoms with Crippen LogP contribution in [0.2, 0.25) is 0 Å². The minimum absolute atomic E-state index is 0.0480. The number of ether oxygens (including phenoxy) is 1. The lowest BCUT2D eigenvalue weighted by atomic mass is 10.0. The summed E-state index contributed by atoms with van der Waals surface area (Å²) in [6.45, 7) is 7.44. The number of imidazole rings is 1. The molecular formula is C29H43N2O2+. The molecule has 0 amide bonds. The van der Waals surface area contributed by atoms with Crippen LogP contribution in [0.15, 0.2) is 79.9 Å². The van der Waals surface area contributed by atoms with E-state index in [9.17, 15) is 0 Å². The molecule has 0 spiro atoms. The Bertz CT molecular complexity index is 838. The molecule has 2 aromatic rings. The molecule has 0 bridgehead atoms. The second-order valence-electron chi connectivity index (χ2n) is 8.51. The minimum atomic E-state index is 0.0480. The fourth-order valence-corrected chi connectivity index (χ4v) is 3.96. The molecule has 1 aromatic carbocycles. The fraction of sp³-hybridized carbons (Fsp3) is 0.483. The summed E-state index contributed by atoms with van der Waals surface area (Å²) in [4.78, 5) is 0. The number of aryl methyl sites for hydroxylation is 2. The van der Waals surface area contributed by atoms with Gasteiger partial charge in [-0.15, -0.1) is 6.58 Å². The van der Waals surface area contributed by atoms with E-state index in [1.54, 1.807) is 0 Å². The Kier molecular flexibility index (Phi) is 13.7. The van der Waals surface area contributed by atoms with E-state index >= 15 is 0 Å². The van der Waals surface area contributed by atoms with Crippen molar-refractivity contribution in [2.24, 2.45) is 0 Å². The van der Waals surface area contributed by atoms with E-state index in [1.165, 1.54) is 31.2 Å². The van der Waals surface area contributed by atoms with E-state index in [0.29, 0.717) is 12.6 Å². The number of hydrogen-bond donors (Lipinski definition) is 1. The molecule has 4 nitrogen and oxygen atoms in total. The number of hydrogen-bond acceptors (Lipinski definition) is 2. The lowest BCUT2D eigenvalue weighted by Gasteiger charge is -2.12. The summed E-state index contributed by atoms with van der Waals surface area (Å²) < 4.78 is 10.2. The van der Waals surface area contributed by atoms with E-state index in [2.05, 4.69) is 77.8 Å². The number of nitrogens with zero attached hydrogens (tertiary/aromatic N) is 2. The molecule has 4 heteroatoms. The number of unbranched alkanes of at least 4 members (excludes halogenated alkanes) is 2. The van der Waals surface area contributed by atoms with Gasteiger partial charge in [0.05, 0.1) is 13.2 Å². The summed E-state index contributed by atoms with van der Waals surface area (Å²) in [6.07, 6.45) is 27.7. The van der Waals surface area contributed by atoms with Crippen LogP contribution in [-0.2, 0) is 13.0 Å². The molecule has 0 fully saturated rings. The maximum Gasteiger partial charge on any atom is 0.243 e. The summed E-state index contributed by atoms with van der Waals surface area (Å²) in [5, 5.41) is 8.93. The highest BCUT2D eigenvalue weighted by Crippen LogP contribution is 2.21. The van der Waals surface area contributed by atoms with Crippen LogP contribution in [0.25, 0.3) is 0 Å². The number of aliphatic hydroxyl groups excluding tert-OH is 1. The summed E-state index contributed by atoms with van der Waals surface area (Å²) in [5.41, 5.74) is 1.31. The van der Waals surface area contributed by atoms with Gasteiger partial charge in [0.2, 0.25) is 6.33 Å². The van der Waals surface area contributed by atoms with E-state index in [-0.39, 0.29) is 6.61 Å².